The van der Waals surface area contributed by atoms with Crippen molar-refractivity contribution in [2.24, 2.45) is 10.9 Å². The first-order valence-electron chi connectivity index (χ1n) is 10.9. The monoisotopic (exact) mass is 527 g/mol. The van der Waals surface area contributed by atoms with Crippen molar-refractivity contribution < 1.29 is 14.6 Å². The SMILES string of the molecule is C[C@@H](C(=O)O)[C@H](C)n1c(=O)[nH]/c(=N\c2ccc(Oc3nccs3)cc2)n(Cc2ccc(Cl)cc2)c1=O. The molecule has 186 valence electrons. The average Bonchev–Trinajstić information content (AvgIpc) is 3.36. The van der Waals surface area contributed by atoms with Gasteiger partial charge >= 0.3 is 17.3 Å². The molecule has 12 heteroatoms. The summed E-state index contributed by atoms with van der Waals surface area (Å²) in [6, 6.07) is 12.7. The van der Waals surface area contributed by atoms with Crippen molar-refractivity contribution in [3.63, 3.8) is 0 Å². The van der Waals surface area contributed by atoms with Crippen LogP contribution >= 0.6 is 22.9 Å². The molecule has 0 fully saturated rings. The van der Waals surface area contributed by atoms with Crippen LogP contribution in [-0.2, 0) is 11.3 Å². The number of hydrogen-bond donors (Lipinski definition) is 2. The molecule has 2 atom stereocenters. The van der Waals surface area contributed by atoms with Gasteiger partial charge in [0.25, 0.3) is 5.19 Å². The van der Waals surface area contributed by atoms with E-state index in [1.807, 2.05) is 0 Å². The molecule has 0 radical (unpaired) electrons. The Morgan fingerprint density at radius 1 is 1.17 bits per heavy atom. The summed E-state index contributed by atoms with van der Waals surface area (Å²) < 4.78 is 7.84. The number of halogens is 1. The number of H-pyrrole nitrogens is 1. The second kappa shape index (κ2) is 10.8. The maximum atomic E-state index is 13.5. The van der Waals surface area contributed by atoms with Crippen molar-refractivity contribution in [1.29, 1.82) is 0 Å². The highest BCUT2D eigenvalue weighted by Gasteiger charge is 2.25. The summed E-state index contributed by atoms with van der Waals surface area (Å²) in [5.41, 5.74) is -0.221. The Balaban J connectivity index is 1.80. The second-order valence-electron chi connectivity index (χ2n) is 7.99. The van der Waals surface area contributed by atoms with Crippen LogP contribution in [0.4, 0.5) is 5.69 Å². The standard InChI is InChI=1S/C24H22ClN5O5S/c1-14(20(31)32)15(2)30-22(33)28-21(29(24(30)34)13-16-3-5-17(25)6-4-16)27-18-7-9-19(10-8-18)35-23-26-11-12-36-23/h3-12,14-15H,13H2,1-2H3,(H,31,32)(H,27,28,33)/t14-,15+/m1/s1. The minimum Gasteiger partial charge on any atom is -0.481 e. The molecule has 2 aromatic carbocycles. The van der Waals surface area contributed by atoms with E-state index in [0.29, 0.717) is 21.7 Å². The van der Waals surface area contributed by atoms with Crippen molar-refractivity contribution in [3.05, 3.63) is 97.3 Å². The number of benzene rings is 2. The number of rotatable bonds is 8. The molecule has 2 heterocycles. The van der Waals surface area contributed by atoms with Gasteiger partial charge in [-0.05, 0) is 55.8 Å². The first-order chi connectivity index (χ1) is 17.2. The number of thiazole rings is 1. The Labute approximate surface area is 213 Å². The van der Waals surface area contributed by atoms with Crippen LogP contribution in [0.1, 0.15) is 25.5 Å². The molecule has 0 unspecified atom stereocenters. The highest BCUT2D eigenvalue weighted by Crippen LogP contribution is 2.25. The fraction of sp³-hybridized carbons (Fsp3) is 0.208. The molecule has 0 amide bonds. The van der Waals surface area contributed by atoms with Crippen molar-refractivity contribution in [2.45, 2.75) is 26.4 Å². The lowest BCUT2D eigenvalue weighted by Crippen LogP contribution is -2.52. The third-order valence-electron chi connectivity index (χ3n) is 5.59. The van der Waals surface area contributed by atoms with Crippen molar-refractivity contribution in [2.75, 3.05) is 0 Å². The molecule has 36 heavy (non-hydrogen) atoms. The van der Waals surface area contributed by atoms with Crippen LogP contribution in [0.3, 0.4) is 0 Å². The lowest BCUT2D eigenvalue weighted by atomic mass is 10.0. The van der Waals surface area contributed by atoms with Crippen molar-refractivity contribution >= 4 is 34.6 Å². The fourth-order valence-electron chi connectivity index (χ4n) is 3.40. The van der Waals surface area contributed by atoms with Crippen molar-refractivity contribution in [3.8, 4) is 10.9 Å². The van der Waals surface area contributed by atoms with Crippen LogP contribution < -0.4 is 21.7 Å². The predicted octanol–water partition coefficient (Wildman–Crippen LogP) is 3.80. The maximum absolute atomic E-state index is 13.5. The van der Waals surface area contributed by atoms with Gasteiger partial charge < -0.3 is 9.84 Å². The number of ether oxygens (including phenoxy) is 1. The van der Waals surface area contributed by atoms with E-state index in [-0.39, 0.29) is 12.2 Å². The lowest BCUT2D eigenvalue weighted by Gasteiger charge is -2.19. The van der Waals surface area contributed by atoms with Gasteiger partial charge in [-0.2, -0.15) is 0 Å². The Bertz CT molecular complexity index is 1540. The topological polar surface area (TPSA) is 132 Å². The zero-order chi connectivity index (χ0) is 25.8. The van der Waals surface area contributed by atoms with E-state index >= 15 is 0 Å². The predicted molar refractivity (Wildman–Crippen MR) is 135 cm³/mol. The third kappa shape index (κ3) is 5.64. The largest absolute Gasteiger partial charge is 0.481 e. The van der Waals surface area contributed by atoms with Gasteiger partial charge in [-0.15, -0.1) is 0 Å². The van der Waals surface area contributed by atoms with Gasteiger partial charge in [0, 0.05) is 16.6 Å². The van der Waals surface area contributed by atoms with E-state index in [2.05, 4.69) is 15.0 Å². The van der Waals surface area contributed by atoms with Gasteiger partial charge in [0.15, 0.2) is 0 Å². The van der Waals surface area contributed by atoms with Crippen LogP contribution in [0.5, 0.6) is 10.9 Å². The summed E-state index contributed by atoms with van der Waals surface area (Å²) >= 11 is 7.34. The fourth-order valence-corrected chi connectivity index (χ4v) is 4.03. The van der Waals surface area contributed by atoms with Crippen LogP contribution in [0.15, 0.2) is 74.7 Å². The first-order valence-corrected chi connectivity index (χ1v) is 12.1. The summed E-state index contributed by atoms with van der Waals surface area (Å²) in [4.78, 5) is 49.1. The average molecular weight is 528 g/mol. The minimum atomic E-state index is -1.12. The molecule has 4 rings (SSSR count). The molecule has 2 N–H and O–H groups in total. The van der Waals surface area contributed by atoms with E-state index in [1.54, 1.807) is 60.1 Å². The number of carboxylic acid groups (broad SMARTS) is 1. The number of aromatic nitrogens is 4. The number of hydrogen-bond acceptors (Lipinski definition) is 7. The third-order valence-corrected chi connectivity index (χ3v) is 6.49. The van der Waals surface area contributed by atoms with Gasteiger partial charge in [0.1, 0.15) is 5.75 Å². The quantitative estimate of drug-likeness (QED) is 0.358. The Hall–Kier alpha value is -3.96. The Morgan fingerprint density at radius 2 is 1.86 bits per heavy atom. The molecule has 0 saturated carbocycles. The maximum Gasteiger partial charge on any atom is 0.335 e. The van der Waals surface area contributed by atoms with E-state index in [0.717, 1.165) is 10.1 Å². The van der Waals surface area contributed by atoms with E-state index in [1.165, 1.54) is 29.8 Å². The number of nitrogens with zero attached hydrogens (tertiary/aromatic N) is 4. The van der Waals surface area contributed by atoms with Gasteiger partial charge in [0.05, 0.1) is 24.2 Å². The molecular formula is C24H22ClN5O5S. The summed E-state index contributed by atoms with van der Waals surface area (Å²) in [6.45, 7) is 3.03. The molecule has 0 saturated heterocycles. The first kappa shape index (κ1) is 25.1. The normalized spacial score (nSPS) is 13.4. The smallest absolute Gasteiger partial charge is 0.335 e. The summed E-state index contributed by atoms with van der Waals surface area (Å²) in [6.07, 6.45) is 1.64. The Morgan fingerprint density at radius 3 is 2.47 bits per heavy atom. The molecule has 0 aliphatic rings. The van der Waals surface area contributed by atoms with Gasteiger partial charge in [-0.1, -0.05) is 35.1 Å². The summed E-state index contributed by atoms with van der Waals surface area (Å²) in [5.74, 6) is -1.54. The molecule has 0 aliphatic heterocycles. The van der Waals surface area contributed by atoms with Crippen molar-refractivity contribution in [1.82, 2.24) is 19.1 Å². The number of carbonyl (C=O) groups is 1. The van der Waals surface area contributed by atoms with E-state index in [9.17, 15) is 19.5 Å². The Kier molecular flexibility index (Phi) is 7.51. The van der Waals surface area contributed by atoms with Gasteiger partial charge in [-0.3, -0.25) is 14.3 Å². The van der Waals surface area contributed by atoms with E-state index in [4.69, 9.17) is 16.3 Å². The van der Waals surface area contributed by atoms with Gasteiger partial charge in [-0.25, -0.2) is 24.1 Å². The summed E-state index contributed by atoms with van der Waals surface area (Å²) in [7, 11) is 0. The van der Waals surface area contributed by atoms with Crippen LogP contribution in [0.2, 0.25) is 5.02 Å². The highest BCUT2D eigenvalue weighted by molar-refractivity contribution is 7.11. The number of carboxylic acids is 1. The highest BCUT2D eigenvalue weighted by atomic mass is 35.5. The number of nitrogens with one attached hydrogen (secondary N) is 1. The molecule has 0 spiro atoms. The molecule has 2 aromatic heterocycles. The van der Waals surface area contributed by atoms with Crippen LogP contribution in [0, 0.1) is 5.92 Å². The number of aliphatic carboxylic acids is 1. The van der Waals surface area contributed by atoms with Crippen LogP contribution in [0.25, 0.3) is 0 Å². The minimum absolute atomic E-state index is 0.0139. The molecule has 0 bridgehead atoms. The van der Waals surface area contributed by atoms with Gasteiger partial charge in [0.2, 0.25) is 5.62 Å². The second-order valence-corrected chi connectivity index (χ2v) is 9.29. The summed E-state index contributed by atoms with van der Waals surface area (Å²) in [5, 5.41) is 12.2. The van der Waals surface area contributed by atoms with Crippen LogP contribution in [-0.4, -0.2) is 30.2 Å². The zero-order valence-electron chi connectivity index (χ0n) is 19.3. The molecule has 10 nitrogen and oxygen atoms in total. The lowest BCUT2D eigenvalue weighted by molar-refractivity contribution is -0.142. The van der Waals surface area contributed by atoms with E-state index < -0.39 is 29.3 Å². The molecule has 4 aromatic rings. The molecular weight excluding hydrogens is 506 g/mol. The number of aromatic amines is 1. The zero-order valence-corrected chi connectivity index (χ0v) is 20.9. The molecule has 0 aliphatic carbocycles.